The standard InChI is InChI=1S/C29H37N3O5S/c1-32(25-14-7-4-8-15-25)38(35,36)18-10-17-29(34)31-27(20-23-11-5-3-6-12-23)28(33)22-30-21-24-13-9-16-26(19-24)37-2/h3-9,11-16,19,27-28,30,33H,10,17-18,20-22H2,1-2H3,(H,31,34). The van der Waals surface area contributed by atoms with Crippen LogP contribution in [0, 0.1) is 0 Å². The van der Waals surface area contributed by atoms with E-state index < -0.39 is 22.2 Å². The fourth-order valence-corrected chi connectivity index (χ4v) is 5.30. The third-order valence-corrected chi connectivity index (χ3v) is 8.12. The topological polar surface area (TPSA) is 108 Å². The van der Waals surface area contributed by atoms with Gasteiger partial charge in [-0.15, -0.1) is 0 Å². The number of rotatable bonds is 15. The third-order valence-electron chi connectivity index (χ3n) is 6.27. The highest BCUT2D eigenvalue weighted by Crippen LogP contribution is 2.16. The lowest BCUT2D eigenvalue weighted by atomic mass is 10.0. The second kappa shape index (κ2) is 14.5. The Morgan fingerprint density at radius 3 is 2.32 bits per heavy atom. The number of anilines is 1. The molecule has 0 bridgehead atoms. The van der Waals surface area contributed by atoms with Crippen LogP contribution in [0.4, 0.5) is 5.69 Å². The molecule has 2 unspecified atom stereocenters. The van der Waals surface area contributed by atoms with Crippen LogP contribution in [-0.4, -0.2) is 58.0 Å². The zero-order valence-corrected chi connectivity index (χ0v) is 22.7. The number of aliphatic hydroxyl groups is 1. The Morgan fingerprint density at radius 2 is 1.63 bits per heavy atom. The van der Waals surface area contributed by atoms with E-state index in [1.54, 1.807) is 31.4 Å². The van der Waals surface area contributed by atoms with Crippen LogP contribution in [0.3, 0.4) is 0 Å². The van der Waals surface area contributed by atoms with E-state index in [1.807, 2.05) is 60.7 Å². The quantitative estimate of drug-likeness (QED) is 0.274. The molecule has 3 N–H and O–H groups in total. The Labute approximate surface area is 225 Å². The molecule has 0 fully saturated rings. The summed E-state index contributed by atoms with van der Waals surface area (Å²) in [5.74, 6) is 0.311. The summed E-state index contributed by atoms with van der Waals surface area (Å²) in [7, 11) is -0.436. The van der Waals surface area contributed by atoms with Crippen LogP contribution in [0.15, 0.2) is 84.9 Å². The molecule has 8 nitrogen and oxygen atoms in total. The number of amides is 1. The number of sulfonamides is 1. The van der Waals surface area contributed by atoms with E-state index in [9.17, 15) is 18.3 Å². The fourth-order valence-electron chi connectivity index (χ4n) is 4.07. The van der Waals surface area contributed by atoms with Gasteiger partial charge in [0.1, 0.15) is 5.75 Å². The Bertz CT molecular complexity index is 1240. The molecular weight excluding hydrogens is 502 g/mol. The van der Waals surface area contributed by atoms with Crippen molar-refractivity contribution in [3.63, 3.8) is 0 Å². The maximum absolute atomic E-state index is 12.8. The number of aliphatic hydroxyl groups excluding tert-OH is 1. The summed E-state index contributed by atoms with van der Waals surface area (Å²) >= 11 is 0. The number of carbonyl (C=O) groups excluding carboxylic acids is 1. The van der Waals surface area contributed by atoms with Gasteiger partial charge in [0.15, 0.2) is 0 Å². The molecule has 9 heteroatoms. The van der Waals surface area contributed by atoms with E-state index in [1.165, 1.54) is 11.4 Å². The Morgan fingerprint density at radius 1 is 0.974 bits per heavy atom. The van der Waals surface area contributed by atoms with E-state index in [4.69, 9.17) is 4.74 Å². The van der Waals surface area contributed by atoms with Crippen LogP contribution in [0.1, 0.15) is 24.0 Å². The van der Waals surface area contributed by atoms with E-state index >= 15 is 0 Å². The molecule has 0 heterocycles. The van der Waals surface area contributed by atoms with Crippen molar-refractivity contribution in [2.24, 2.45) is 0 Å². The first kappa shape index (κ1) is 29.2. The van der Waals surface area contributed by atoms with Crippen molar-refractivity contribution in [1.29, 1.82) is 0 Å². The Kier molecular flexibility index (Phi) is 11.1. The summed E-state index contributed by atoms with van der Waals surface area (Å²) in [6, 6.07) is 25.6. The summed E-state index contributed by atoms with van der Waals surface area (Å²) in [5.41, 5.74) is 2.57. The number of para-hydroxylation sites is 1. The van der Waals surface area contributed by atoms with Gasteiger partial charge in [0.2, 0.25) is 15.9 Å². The molecule has 2 atom stereocenters. The minimum atomic E-state index is -3.56. The van der Waals surface area contributed by atoms with Gasteiger partial charge in [-0.2, -0.15) is 0 Å². The SMILES string of the molecule is COc1cccc(CNCC(O)C(Cc2ccccc2)NC(=O)CCCS(=O)(=O)N(C)c2ccccc2)c1. The van der Waals surface area contributed by atoms with Crippen LogP contribution >= 0.6 is 0 Å². The van der Waals surface area contributed by atoms with Crippen molar-refractivity contribution in [2.45, 2.75) is 38.0 Å². The van der Waals surface area contributed by atoms with Crippen molar-refractivity contribution in [3.05, 3.63) is 96.1 Å². The molecule has 0 saturated carbocycles. The summed E-state index contributed by atoms with van der Waals surface area (Å²) in [5, 5.41) is 17.1. The molecule has 3 rings (SSSR count). The Hall–Kier alpha value is -3.40. The van der Waals surface area contributed by atoms with Gasteiger partial charge in [-0.3, -0.25) is 9.10 Å². The molecule has 0 spiro atoms. The van der Waals surface area contributed by atoms with Gasteiger partial charge in [-0.25, -0.2) is 8.42 Å². The predicted molar refractivity (Wildman–Crippen MR) is 151 cm³/mol. The zero-order chi connectivity index (χ0) is 27.4. The van der Waals surface area contributed by atoms with Gasteiger partial charge in [-0.1, -0.05) is 60.7 Å². The Balaban J connectivity index is 1.54. The number of hydrogen-bond acceptors (Lipinski definition) is 6. The van der Waals surface area contributed by atoms with Gasteiger partial charge in [0.05, 0.1) is 30.7 Å². The minimum Gasteiger partial charge on any atom is -0.497 e. The second-order valence-corrected chi connectivity index (χ2v) is 11.3. The smallest absolute Gasteiger partial charge is 0.234 e. The molecule has 0 radical (unpaired) electrons. The summed E-state index contributed by atoms with van der Waals surface area (Å²) in [6.45, 7) is 0.804. The molecular formula is C29H37N3O5S. The van der Waals surface area contributed by atoms with Gasteiger partial charge in [0, 0.05) is 26.6 Å². The lowest BCUT2D eigenvalue weighted by Crippen LogP contribution is -2.48. The van der Waals surface area contributed by atoms with Gasteiger partial charge >= 0.3 is 0 Å². The number of hydrogen-bond donors (Lipinski definition) is 3. The molecule has 0 aromatic heterocycles. The van der Waals surface area contributed by atoms with E-state index in [0.29, 0.717) is 18.7 Å². The molecule has 0 aliphatic rings. The van der Waals surface area contributed by atoms with Crippen molar-refractivity contribution < 1.29 is 23.1 Å². The third kappa shape index (κ3) is 9.16. The molecule has 0 saturated heterocycles. The first-order chi connectivity index (χ1) is 18.3. The average molecular weight is 540 g/mol. The summed E-state index contributed by atoms with van der Waals surface area (Å²) in [4.78, 5) is 12.8. The summed E-state index contributed by atoms with van der Waals surface area (Å²) in [6.07, 6.45) is -0.188. The molecule has 0 aliphatic heterocycles. The number of nitrogens with one attached hydrogen (secondary N) is 2. The molecule has 0 aliphatic carbocycles. The minimum absolute atomic E-state index is 0.0388. The number of benzene rings is 3. The largest absolute Gasteiger partial charge is 0.497 e. The van der Waals surface area contributed by atoms with Crippen LogP contribution in [0.2, 0.25) is 0 Å². The van der Waals surface area contributed by atoms with Crippen LogP contribution < -0.4 is 19.7 Å². The number of ether oxygens (including phenoxy) is 1. The van der Waals surface area contributed by atoms with Gasteiger partial charge in [-0.05, 0) is 48.2 Å². The fraction of sp³-hybridized carbons (Fsp3) is 0.345. The maximum Gasteiger partial charge on any atom is 0.234 e. The van der Waals surface area contributed by atoms with E-state index in [-0.39, 0.29) is 31.0 Å². The van der Waals surface area contributed by atoms with Crippen molar-refractivity contribution >= 4 is 21.6 Å². The zero-order valence-electron chi connectivity index (χ0n) is 21.9. The normalized spacial score (nSPS) is 12.9. The predicted octanol–water partition coefficient (Wildman–Crippen LogP) is 3.12. The number of nitrogens with zero attached hydrogens (tertiary/aromatic N) is 1. The number of carbonyl (C=O) groups is 1. The highest BCUT2D eigenvalue weighted by molar-refractivity contribution is 7.92. The highest BCUT2D eigenvalue weighted by atomic mass is 32.2. The lowest BCUT2D eigenvalue weighted by Gasteiger charge is -2.25. The van der Waals surface area contributed by atoms with Crippen LogP contribution in [0.5, 0.6) is 5.75 Å². The van der Waals surface area contributed by atoms with E-state index in [0.717, 1.165) is 16.9 Å². The van der Waals surface area contributed by atoms with Gasteiger partial charge < -0.3 is 20.5 Å². The number of methoxy groups -OCH3 is 1. The lowest BCUT2D eigenvalue weighted by molar-refractivity contribution is -0.122. The van der Waals surface area contributed by atoms with E-state index in [2.05, 4.69) is 10.6 Å². The summed E-state index contributed by atoms with van der Waals surface area (Å²) < 4.78 is 31.9. The molecule has 3 aromatic rings. The van der Waals surface area contributed by atoms with Crippen molar-refractivity contribution in [2.75, 3.05) is 30.8 Å². The average Bonchev–Trinajstić information content (AvgIpc) is 2.93. The monoisotopic (exact) mass is 539 g/mol. The van der Waals surface area contributed by atoms with Crippen LogP contribution in [-0.2, 0) is 27.8 Å². The second-order valence-electron chi connectivity index (χ2n) is 9.14. The van der Waals surface area contributed by atoms with Crippen molar-refractivity contribution in [3.8, 4) is 5.75 Å². The van der Waals surface area contributed by atoms with Crippen molar-refractivity contribution in [1.82, 2.24) is 10.6 Å². The maximum atomic E-state index is 12.8. The molecule has 38 heavy (non-hydrogen) atoms. The van der Waals surface area contributed by atoms with Gasteiger partial charge in [0.25, 0.3) is 0 Å². The van der Waals surface area contributed by atoms with Crippen LogP contribution in [0.25, 0.3) is 0 Å². The molecule has 204 valence electrons. The molecule has 1 amide bonds. The first-order valence-electron chi connectivity index (χ1n) is 12.6. The molecule has 3 aromatic carbocycles. The highest BCUT2D eigenvalue weighted by Gasteiger charge is 2.23. The first-order valence-corrected chi connectivity index (χ1v) is 14.3.